The number of benzene rings is 2. The number of carbonyl (C=O) groups is 1. The number of rotatable bonds is 5. The highest BCUT2D eigenvalue weighted by molar-refractivity contribution is 6.06. The summed E-state index contributed by atoms with van der Waals surface area (Å²) < 4.78 is 40.2. The average molecular weight is 362 g/mol. The van der Waals surface area contributed by atoms with Crippen LogP contribution in [0.2, 0.25) is 0 Å². The Labute approximate surface area is 151 Å². The molecule has 0 unspecified atom stereocenters. The van der Waals surface area contributed by atoms with Crippen molar-refractivity contribution in [3.05, 3.63) is 71.3 Å². The van der Waals surface area contributed by atoms with Gasteiger partial charge in [-0.15, -0.1) is 13.2 Å². The molecule has 0 aliphatic heterocycles. The van der Waals surface area contributed by atoms with E-state index in [2.05, 4.69) is 25.5 Å². The van der Waals surface area contributed by atoms with Crippen LogP contribution in [0.5, 0.6) is 5.75 Å². The third-order valence-corrected chi connectivity index (χ3v) is 3.51. The summed E-state index contributed by atoms with van der Waals surface area (Å²) in [6, 6.07) is 12.8. The van der Waals surface area contributed by atoms with Gasteiger partial charge in [0.25, 0.3) is 0 Å². The predicted octanol–water partition coefficient (Wildman–Crippen LogP) is 6.07. The molecule has 2 nitrogen and oxygen atoms in total. The summed E-state index contributed by atoms with van der Waals surface area (Å²) in [6.07, 6.45) is -0.700. The lowest BCUT2D eigenvalue weighted by Gasteiger charge is -2.17. The van der Waals surface area contributed by atoms with Gasteiger partial charge in [0.15, 0.2) is 5.78 Å². The van der Waals surface area contributed by atoms with E-state index in [0.717, 1.165) is 24.1 Å². The maximum Gasteiger partial charge on any atom is 0.573 e. The highest BCUT2D eigenvalue weighted by Crippen LogP contribution is 2.23. The van der Waals surface area contributed by atoms with E-state index in [0.29, 0.717) is 5.56 Å². The highest BCUT2D eigenvalue weighted by atomic mass is 19.4. The van der Waals surface area contributed by atoms with Gasteiger partial charge in [0.2, 0.25) is 0 Å². The van der Waals surface area contributed by atoms with Gasteiger partial charge < -0.3 is 4.74 Å². The van der Waals surface area contributed by atoms with E-state index in [9.17, 15) is 18.0 Å². The van der Waals surface area contributed by atoms with E-state index in [1.807, 2.05) is 24.3 Å². The number of ketones is 1. The SMILES string of the molecule is CC(C)(C)Cc1ccc(/C=C/C(=O)c2ccc(OC(F)(F)F)cc2)cc1. The van der Waals surface area contributed by atoms with Gasteiger partial charge in [-0.3, -0.25) is 4.79 Å². The fourth-order valence-corrected chi connectivity index (χ4v) is 2.45. The summed E-state index contributed by atoms with van der Waals surface area (Å²) in [6.45, 7) is 6.51. The third kappa shape index (κ3) is 6.75. The third-order valence-electron chi connectivity index (χ3n) is 3.51. The summed E-state index contributed by atoms with van der Waals surface area (Å²) in [7, 11) is 0. The number of ether oxygens (including phenoxy) is 1. The minimum absolute atomic E-state index is 0.204. The first kappa shape index (κ1) is 19.8. The van der Waals surface area contributed by atoms with Crippen LogP contribution in [-0.4, -0.2) is 12.1 Å². The fourth-order valence-electron chi connectivity index (χ4n) is 2.45. The van der Waals surface area contributed by atoms with Crippen LogP contribution in [0.1, 0.15) is 42.3 Å². The molecule has 0 fully saturated rings. The smallest absolute Gasteiger partial charge is 0.406 e. The fraction of sp³-hybridized carbons (Fsp3) is 0.286. The standard InChI is InChI=1S/C21H21F3O2/c1-20(2,3)14-16-6-4-15(5-7-16)8-13-19(25)17-9-11-18(12-10-17)26-21(22,23)24/h4-13H,14H2,1-3H3/b13-8+. The second kappa shape index (κ2) is 7.77. The van der Waals surface area contributed by atoms with Gasteiger partial charge in [0, 0.05) is 5.56 Å². The van der Waals surface area contributed by atoms with Crippen molar-refractivity contribution >= 4 is 11.9 Å². The Morgan fingerprint density at radius 2 is 1.54 bits per heavy atom. The van der Waals surface area contributed by atoms with Crippen molar-refractivity contribution < 1.29 is 22.7 Å². The van der Waals surface area contributed by atoms with E-state index in [4.69, 9.17) is 0 Å². The van der Waals surface area contributed by atoms with E-state index < -0.39 is 6.36 Å². The lowest BCUT2D eigenvalue weighted by atomic mass is 9.88. The van der Waals surface area contributed by atoms with Gasteiger partial charge in [-0.2, -0.15) is 0 Å². The van der Waals surface area contributed by atoms with Crippen molar-refractivity contribution in [2.75, 3.05) is 0 Å². The second-order valence-electron chi connectivity index (χ2n) is 7.25. The Hall–Kier alpha value is -2.56. The first-order valence-electron chi connectivity index (χ1n) is 8.19. The largest absolute Gasteiger partial charge is 0.573 e. The molecular weight excluding hydrogens is 341 g/mol. The Morgan fingerprint density at radius 3 is 2.04 bits per heavy atom. The topological polar surface area (TPSA) is 26.3 Å². The van der Waals surface area contributed by atoms with E-state index >= 15 is 0 Å². The van der Waals surface area contributed by atoms with Crippen molar-refractivity contribution in [3.63, 3.8) is 0 Å². The zero-order valence-electron chi connectivity index (χ0n) is 14.9. The Kier molecular flexibility index (Phi) is 5.90. The lowest BCUT2D eigenvalue weighted by molar-refractivity contribution is -0.274. The molecule has 26 heavy (non-hydrogen) atoms. The van der Waals surface area contributed by atoms with Gasteiger partial charge >= 0.3 is 6.36 Å². The zero-order valence-corrected chi connectivity index (χ0v) is 14.9. The first-order valence-corrected chi connectivity index (χ1v) is 8.19. The molecule has 0 spiro atoms. The summed E-state index contributed by atoms with van der Waals surface area (Å²) >= 11 is 0. The molecule has 0 radical (unpaired) electrons. The van der Waals surface area contributed by atoms with Crippen molar-refractivity contribution in [1.82, 2.24) is 0 Å². The van der Waals surface area contributed by atoms with Crippen LogP contribution in [0.25, 0.3) is 6.08 Å². The van der Waals surface area contributed by atoms with Crippen LogP contribution in [-0.2, 0) is 6.42 Å². The first-order chi connectivity index (χ1) is 12.0. The second-order valence-corrected chi connectivity index (χ2v) is 7.25. The molecule has 0 N–H and O–H groups in total. The Balaban J connectivity index is 2.00. The highest BCUT2D eigenvalue weighted by Gasteiger charge is 2.31. The zero-order chi connectivity index (χ0) is 19.4. The molecule has 0 aromatic heterocycles. The molecule has 0 saturated carbocycles. The molecule has 0 heterocycles. The van der Waals surface area contributed by atoms with Crippen molar-refractivity contribution in [2.45, 2.75) is 33.6 Å². The molecule has 0 saturated heterocycles. The molecule has 0 bridgehead atoms. The van der Waals surface area contributed by atoms with Gasteiger partial charge in [0.05, 0.1) is 0 Å². The van der Waals surface area contributed by atoms with E-state index in [1.165, 1.54) is 23.8 Å². The summed E-state index contributed by atoms with van der Waals surface area (Å²) in [4.78, 5) is 12.1. The molecule has 0 atom stereocenters. The van der Waals surface area contributed by atoms with Crippen LogP contribution in [0, 0.1) is 5.41 Å². The summed E-state index contributed by atoms with van der Waals surface area (Å²) in [5, 5.41) is 0. The molecule has 0 aliphatic carbocycles. The molecule has 138 valence electrons. The van der Waals surface area contributed by atoms with Gasteiger partial charge in [-0.05, 0) is 53.3 Å². The van der Waals surface area contributed by atoms with Gasteiger partial charge in [0.1, 0.15) is 5.75 Å². The minimum Gasteiger partial charge on any atom is -0.406 e. The van der Waals surface area contributed by atoms with Crippen LogP contribution < -0.4 is 4.74 Å². The quantitative estimate of drug-likeness (QED) is 0.477. The van der Waals surface area contributed by atoms with Gasteiger partial charge in [-0.1, -0.05) is 51.1 Å². The van der Waals surface area contributed by atoms with Crippen LogP contribution in [0.4, 0.5) is 13.2 Å². The Morgan fingerprint density at radius 1 is 0.962 bits per heavy atom. The lowest BCUT2D eigenvalue weighted by Crippen LogP contribution is -2.17. The van der Waals surface area contributed by atoms with Crippen molar-refractivity contribution in [2.24, 2.45) is 5.41 Å². The van der Waals surface area contributed by atoms with Crippen LogP contribution in [0.3, 0.4) is 0 Å². The normalized spacial score (nSPS) is 12.4. The number of hydrogen-bond donors (Lipinski definition) is 0. The molecule has 0 aliphatic rings. The van der Waals surface area contributed by atoms with E-state index in [1.54, 1.807) is 6.08 Å². The van der Waals surface area contributed by atoms with Crippen molar-refractivity contribution in [1.29, 1.82) is 0 Å². The number of carbonyl (C=O) groups excluding carboxylic acids is 1. The number of hydrogen-bond acceptors (Lipinski definition) is 2. The Bertz CT molecular complexity index is 765. The number of alkyl halides is 3. The summed E-state index contributed by atoms with van der Waals surface area (Å²) in [5.41, 5.74) is 2.60. The maximum atomic E-state index is 12.1. The van der Waals surface area contributed by atoms with Crippen molar-refractivity contribution in [3.8, 4) is 5.75 Å². The average Bonchev–Trinajstić information content (AvgIpc) is 2.51. The molecule has 2 rings (SSSR count). The van der Waals surface area contributed by atoms with E-state index in [-0.39, 0.29) is 16.9 Å². The molecule has 2 aromatic rings. The van der Waals surface area contributed by atoms with Gasteiger partial charge in [-0.25, -0.2) is 0 Å². The number of allylic oxidation sites excluding steroid dienone is 1. The maximum absolute atomic E-state index is 12.1. The number of halogens is 3. The summed E-state index contributed by atoms with van der Waals surface area (Å²) in [5.74, 6) is -0.644. The minimum atomic E-state index is -4.75. The monoisotopic (exact) mass is 362 g/mol. The van der Waals surface area contributed by atoms with Crippen LogP contribution in [0.15, 0.2) is 54.6 Å². The molecule has 0 amide bonds. The van der Waals surface area contributed by atoms with Crippen LogP contribution >= 0.6 is 0 Å². The molecule has 2 aromatic carbocycles. The molecule has 5 heteroatoms. The molecular formula is C21H21F3O2. The predicted molar refractivity (Wildman–Crippen MR) is 96.1 cm³/mol.